The van der Waals surface area contributed by atoms with Gasteiger partial charge in [-0.25, -0.2) is 0 Å². The van der Waals surface area contributed by atoms with Crippen molar-refractivity contribution in [2.24, 2.45) is 5.84 Å². The molecule has 1 rings (SSSR count). The zero-order chi connectivity index (χ0) is 8.27. The smallest absolute Gasteiger partial charge is 0.101 e. The van der Waals surface area contributed by atoms with Gasteiger partial charge in [0.05, 0.1) is 11.3 Å². The molecule has 1 aromatic rings. The first kappa shape index (κ1) is 11.1. The number of nitrogens with one attached hydrogen (secondary N) is 1. The maximum absolute atomic E-state index is 8.57. The Hall–Kier alpha value is -0.950. The molecule has 0 heterocycles. The fourth-order valence-electron chi connectivity index (χ4n) is 0.735. The van der Waals surface area contributed by atoms with Crippen LogP contribution in [-0.4, -0.2) is 0 Å². The van der Waals surface area contributed by atoms with Gasteiger partial charge >= 0.3 is 0 Å². The molecule has 3 nitrogen and oxygen atoms in total. The van der Waals surface area contributed by atoms with Crippen LogP contribution in [0.5, 0.6) is 0 Å². The first-order valence-electron chi connectivity index (χ1n) is 2.94. The molecule has 0 amide bonds. The second-order valence-corrected chi connectivity index (χ2v) is 2.38. The molecular formula is C7H7Cl2N3. The SMILES string of the molecule is Cl.N#Cc1cc(Cl)ccc1NN. The van der Waals surface area contributed by atoms with E-state index in [0.717, 1.165) is 0 Å². The topological polar surface area (TPSA) is 61.8 Å². The highest BCUT2D eigenvalue weighted by Gasteiger charge is 1.99. The predicted octanol–water partition coefficient (Wildman–Crippen LogP) is 1.92. The van der Waals surface area contributed by atoms with E-state index in [1.54, 1.807) is 18.2 Å². The summed E-state index contributed by atoms with van der Waals surface area (Å²) in [6.07, 6.45) is 0. The van der Waals surface area contributed by atoms with Crippen molar-refractivity contribution in [2.75, 3.05) is 5.43 Å². The van der Waals surface area contributed by atoms with Gasteiger partial charge in [0, 0.05) is 5.02 Å². The average Bonchev–Trinajstić information content (AvgIpc) is 2.04. The molecule has 5 heteroatoms. The molecule has 0 aliphatic rings. The Morgan fingerprint density at radius 2 is 2.17 bits per heavy atom. The van der Waals surface area contributed by atoms with Crippen LogP contribution in [0, 0.1) is 11.3 Å². The fraction of sp³-hybridized carbons (Fsp3) is 0. The highest BCUT2D eigenvalue weighted by molar-refractivity contribution is 6.30. The molecular weight excluding hydrogens is 197 g/mol. The van der Waals surface area contributed by atoms with E-state index in [1.807, 2.05) is 6.07 Å². The number of nitrogens with zero attached hydrogens (tertiary/aromatic N) is 1. The van der Waals surface area contributed by atoms with Gasteiger partial charge in [0.2, 0.25) is 0 Å². The zero-order valence-corrected chi connectivity index (χ0v) is 7.62. The maximum atomic E-state index is 8.57. The van der Waals surface area contributed by atoms with Crippen molar-refractivity contribution in [3.05, 3.63) is 28.8 Å². The van der Waals surface area contributed by atoms with Crippen LogP contribution in [0.3, 0.4) is 0 Å². The van der Waals surface area contributed by atoms with Gasteiger partial charge in [0.1, 0.15) is 6.07 Å². The standard InChI is InChI=1S/C7H6ClN3.ClH/c8-6-1-2-7(11-10)5(3-6)4-9;/h1-3,11H,10H2;1H. The van der Waals surface area contributed by atoms with Crippen molar-refractivity contribution in [3.63, 3.8) is 0 Å². The van der Waals surface area contributed by atoms with E-state index in [9.17, 15) is 0 Å². The first-order chi connectivity index (χ1) is 5.27. The number of halogens is 2. The number of hydrazine groups is 1. The minimum absolute atomic E-state index is 0. The lowest BCUT2D eigenvalue weighted by Gasteiger charge is -2.01. The van der Waals surface area contributed by atoms with E-state index < -0.39 is 0 Å². The largest absolute Gasteiger partial charge is 0.323 e. The summed E-state index contributed by atoms with van der Waals surface area (Å²) >= 11 is 5.63. The molecule has 0 bridgehead atoms. The summed E-state index contributed by atoms with van der Waals surface area (Å²) in [5.74, 6) is 5.13. The second-order valence-electron chi connectivity index (χ2n) is 1.95. The van der Waals surface area contributed by atoms with Crippen LogP contribution in [0.1, 0.15) is 5.56 Å². The lowest BCUT2D eigenvalue weighted by molar-refractivity contribution is 1.33. The predicted molar refractivity (Wildman–Crippen MR) is 51.2 cm³/mol. The third kappa shape index (κ3) is 2.28. The average molecular weight is 204 g/mol. The van der Waals surface area contributed by atoms with E-state index in [1.165, 1.54) is 0 Å². The molecule has 0 atom stereocenters. The van der Waals surface area contributed by atoms with Crippen molar-refractivity contribution in [3.8, 4) is 6.07 Å². The Morgan fingerprint density at radius 1 is 1.50 bits per heavy atom. The molecule has 0 radical (unpaired) electrons. The van der Waals surface area contributed by atoms with Crippen molar-refractivity contribution in [1.82, 2.24) is 0 Å². The van der Waals surface area contributed by atoms with Crippen LogP contribution in [0.25, 0.3) is 0 Å². The molecule has 0 fully saturated rings. The molecule has 0 unspecified atom stereocenters. The highest BCUT2D eigenvalue weighted by atomic mass is 35.5. The molecule has 0 aliphatic heterocycles. The van der Waals surface area contributed by atoms with Crippen molar-refractivity contribution in [2.45, 2.75) is 0 Å². The van der Waals surface area contributed by atoms with Crippen molar-refractivity contribution < 1.29 is 0 Å². The maximum Gasteiger partial charge on any atom is 0.101 e. The monoisotopic (exact) mass is 203 g/mol. The van der Waals surface area contributed by atoms with Gasteiger partial charge < -0.3 is 5.43 Å². The van der Waals surface area contributed by atoms with Crippen molar-refractivity contribution >= 4 is 29.7 Å². The lowest BCUT2D eigenvalue weighted by Crippen LogP contribution is -2.07. The molecule has 0 saturated heterocycles. The van der Waals surface area contributed by atoms with Gasteiger partial charge in [-0.05, 0) is 18.2 Å². The molecule has 0 saturated carbocycles. The summed E-state index contributed by atoms with van der Waals surface area (Å²) in [5, 5.41) is 9.10. The van der Waals surface area contributed by atoms with Crippen LogP contribution in [0.4, 0.5) is 5.69 Å². The lowest BCUT2D eigenvalue weighted by atomic mass is 10.2. The van der Waals surface area contributed by atoms with Crippen LogP contribution < -0.4 is 11.3 Å². The third-order valence-electron chi connectivity index (χ3n) is 1.26. The van der Waals surface area contributed by atoms with E-state index >= 15 is 0 Å². The normalized spacial score (nSPS) is 8.08. The van der Waals surface area contributed by atoms with Gasteiger partial charge in [-0.3, -0.25) is 5.84 Å². The summed E-state index contributed by atoms with van der Waals surface area (Å²) in [7, 11) is 0. The quantitative estimate of drug-likeness (QED) is 0.542. The molecule has 1 aromatic carbocycles. The summed E-state index contributed by atoms with van der Waals surface area (Å²) in [5.41, 5.74) is 3.42. The molecule has 0 spiro atoms. The molecule has 0 aliphatic carbocycles. The Morgan fingerprint density at radius 3 is 2.67 bits per heavy atom. The minimum atomic E-state index is 0. The zero-order valence-electron chi connectivity index (χ0n) is 6.04. The van der Waals surface area contributed by atoms with Gasteiger partial charge in [0.15, 0.2) is 0 Å². The van der Waals surface area contributed by atoms with Crippen molar-refractivity contribution in [1.29, 1.82) is 5.26 Å². The Labute approximate surface area is 81.5 Å². The van der Waals surface area contributed by atoms with E-state index in [4.69, 9.17) is 22.7 Å². The Kier molecular flexibility index (Phi) is 4.45. The van der Waals surface area contributed by atoms with Gasteiger partial charge in [0.25, 0.3) is 0 Å². The van der Waals surface area contributed by atoms with Gasteiger partial charge in [-0.1, -0.05) is 11.6 Å². The number of nitrogens with two attached hydrogens (primary N) is 1. The van der Waals surface area contributed by atoms with Crippen LogP contribution in [0.2, 0.25) is 5.02 Å². The number of hydrogen-bond acceptors (Lipinski definition) is 3. The molecule has 0 aromatic heterocycles. The minimum Gasteiger partial charge on any atom is -0.323 e. The number of rotatable bonds is 1. The fourth-order valence-corrected chi connectivity index (χ4v) is 0.907. The van der Waals surface area contributed by atoms with E-state index in [0.29, 0.717) is 16.3 Å². The number of benzene rings is 1. The molecule has 64 valence electrons. The highest BCUT2D eigenvalue weighted by Crippen LogP contribution is 2.18. The van der Waals surface area contributed by atoms with E-state index in [2.05, 4.69) is 5.43 Å². The van der Waals surface area contributed by atoms with E-state index in [-0.39, 0.29) is 12.4 Å². The number of anilines is 1. The summed E-state index contributed by atoms with van der Waals surface area (Å²) < 4.78 is 0. The number of nitriles is 1. The first-order valence-corrected chi connectivity index (χ1v) is 3.32. The molecule has 3 N–H and O–H groups in total. The summed E-state index contributed by atoms with van der Waals surface area (Å²) in [6.45, 7) is 0. The van der Waals surface area contributed by atoms with Crippen LogP contribution in [-0.2, 0) is 0 Å². The van der Waals surface area contributed by atoms with Gasteiger partial charge in [-0.15, -0.1) is 12.4 Å². The third-order valence-corrected chi connectivity index (χ3v) is 1.49. The summed E-state index contributed by atoms with van der Waals surface area (Å²) in [4.78, 5) is 0. The summed E-state index contributed by atoms with van der Waals surface area (Å²) in [6, 6.07) is 6.83. The number of nitrogen functional groups attached to an aromatic ring is 1. The Bertz CT molecular complexity index is 306. The number of hydrogen-bond donors (Lipinski definition) is 2. The molecule has 12 heavy (non-hydrogen) atoms. The van der Waals surface area contributed by atoms with Crippen LogP contribution in [0.15, 0.2) is 18.2 Å². The van der Waals surface area contributed by atoms with Crippen LogP contribution >= 0.6 is 24.0 Å². The van der Waals surface area contributed by atoms with Gasteiger partial charge in [-0.2, -0.15) is 5.26 Å². The Balaban J connectivity index is 0.00000121. The second kappa shape index (κ2) is 4.83.